The first-order valence-corrected chi connectivity index (χ1v) is 13.7. The van der Waals surface area contributed by atoms with E-state index in [2.05, 4.69) is 15.3 Å². The third kappa shape index (κ3) is 5.49. The summed E-state index contributed by atoms with van der Waals surface area (Å²) in [7, 11) is 5.90. The van der Waals surface area contributed by atoms with E-state index in [1.807, 2.05) is 0 Å². The van der Waals surface area contributed by atoms with Crippen LogP contribution >= 0.6 is 0 Å². The minimum absolute atomic E-state index is 0.0641. The molecule has 47 heavy (non-hydrogen) atoms. The third-order valence-electron chi connectivity index (χ3n) is 8.25. The average molecular weight is 651 g/mol. The summed E-state index contributed by atoms with van der Waals surface area (Å²) >= 11 is 0. The van der Waals surface area contributed by atoms with Gasteiger partial charge in [-0.2, -0.15) is 14.6 Å². The number of rotatable bonds is 6. The Hall–Kier alpha value is -6.20. The van der Waals surface area contributed by atoms with Crippen molar-refractivity contribution in [3.8, 4) is 5.75 Å². The van der Waals surface area contributed by atoms with Crippen LogP contribution < -0.4 is 20.4 Å². The minimum atomic E-state index is -2.01. The first kappa shape index (κ1) is 33.7. The number of aromatic nitrogens is 2. The van der Waals surface area contributed by atoms with Crippen LogP contribution in [-0.4, -0.2) is 105 Å². The van der Waals surface area contributed by atoms with Gasteiger partial charge in [-0.25, -0.2) is 9.59 Å². The van der Waals surface area contributed by atoms with E-state index in [9.17, 15) is 39.6 Å². The summed E-state index contributed by atoms with van der Waals surface area (Å²) in [6.45, 7) is 0. The standard InChI is InChI=1S/C30H32N8O9/c1-35(26(39)40)37(3,28(43)44)25-11-8-9-21(33-25)22-16-19(18-12-13-23(47-5)20(31)15-18)17-30(34-22,24-10-6-7-14-32-24)38(4,29(45)46)36(2)27(41)42/h6-17,34H,31H2,1-5H3,(H2-2,39,40,41,42,43,44,45,46)/p+2. The fourth-order valence-electron chi connectivity index (χ4n) is 5.16. The Morgan fingerprint density at radius 3 is 2.13 bits per heavy atom. The van der Waals surface area contributed by atoms with Crippen LogP contribution in [0, 0.1) is 0 Å². The molecular formula is C30H34N8O9+2. The van der Waals surface area contributed by atoms with Crippen molar-refractivity contribution in [1.82, 2.24) is 29.9 Å². The number of hydrogen-bond acceptors (Lipinski definition) is 9. The van der Waals surface area contributed by atoms with Gasteiger partial charge in [0, 0.05) is 18.3 Å². The lowest BCUT2D eigenvalue weighted by molar-refractivity contribution is -0.988. The molecule has 3 heterocycles. The van der Waals surface area contributed by atoms with Crippen LogP contribution in [0.5, 0.6) is 5.75 Å². The molecule has 3 unspecified atom stereocenters. The molecule has 7 N–H and O–H groups in total. The zero-order valence-electron chi connectivity index (χ0n) is 26.0. The number of likely N-dealkylation sites (N-methyl/N-ethyl adjacent to an activating group) is 1. The molecular weight excluding hydrogens is 616 g/mol. The van der Waals surface area contributed by atoms with Crippen LogP contribution in [0.4, 0.5) is 30.7 Å². The normalized spacial score (nSPS) is 18.2. The van der Waals surface area contributed by atoms with Crippen molar-refractivity contribution in [2.24, 2.45) is 0 Å². The van der Waals surface area contributed by atoms with Gasteiger partial charge in [-0.05, 0) is 47.5 Å². The van der Waals surface area contributed by atoms with Gasteiger partial charge in [0.05, 0.1) is 38.3 Å². The molecule has 0 radical (unpaired) electrons. The van der Waals surface area contributed by atoms with Gasteiger partial charge in [0.15, 0.2) is 0 Å². The molecule has 1 aliphatic heterocycles. The van der Waals surface area contributed by atoms with Crippen molar-refractivity contribution in [2.75, 3.05) is 41.0 Å². The second-order valence-corrected chi connectivity index (χ2v) is 10.7. The Balaban J connectivity index is 2.10. The topological polar surface area (TPSA) is 229 Å². The summed E-state index contributed by atoms with van der Waals surface area (Å²) in [6, 6.07) is 13.9. The van der Waals surface area contributed by atoms with Gasteiger partial charge in [-0.1, -0.05) is 27.4 Å². The second kappa shape index (κ2) is 12.3. The number of carboxylic acid groups (broad SMARTS) is 4. The third-order valence-corrected chi connectivity index (χ3v) is 8.25. The molecule has 4 rings (SSSR count). The largest absolute Gasteiger partial charge is 0.545 e. The zero-order valence-corrected chi connectivity index (χ0v) is 26.0. The fourth-order valence-corrected chi connectivity index (χ4v) is 5.16. The molecule has 3 aromatic rings. The molecule has 17 nitrogen and oxygen atoms in total. The predicted octanol–water partition coefficient (Wildman–Crippen LogP) is 3.74. The number of allylic oxidation sites excluding steroid dienone is 2. The number of pyridine rings is 2. The SMILES string of the molecule is COc1ccc(C2=CC(c3ccccn3)([N+](C)(C(=O)O)N(C)C(=O)O)NC(c3cccc([N+](C)(C(=O)O)N(C)C(=O)O)n3)=C2)cc1N. The number of nitrogens with zero attached hydrogens (tertiary/aromatic N) is 6. The van der Waals surface area contributed by atoms with Gasteiger partial charge in [-0.3, -0.25) is 4.98 Å². The number of dihydropyridines is 1. The number of nitrogens with one attached hydrogen (secondary N) is 1. The fraction of sp³-hybridized carbons (Fsp3) is 0.200. The molecule has 4 amide bonds. The van der Waals surface area contributed by atoms with Crippen molar-refractivity contribution < 1.29 is 48.9 Å². The van der Waals surface area contributed by atoms with E-state index in [1.54, 1.807) is 36.4 Å². The summed E-state index contributed by atoms with van der Waals surface area (Å²) < 4.78 is 2.65. The van der Waals surface area contributed by atoms with Crippen LogP contribution in [0.3, 0.4) is 0 Å². The predicted molar refractivity (Wildman–Crippen MR) is 168 cm³/mol. The Morgan fingerprint density at radius 1 is 0.915 bits per heavy atom. The van der Waals surface area contributed by atoms with Crippen LogP contribution in [-0.2, 0) is 5.66 Å². The maximum absolute atomic E-state index is 13.2. The number of nitrogen functional groups attached to an aromatic ring is 1. The van der Waals surface area contributed by atoms with Crippen LogP contribution in [0.25, 0.3) is 11.3 Å². The molecule has 0 saturated carbocycles. The van der Waals surface area contributed by atoms with Crippen molar-refractivity contribution in [1.29, 1.82) is 0 Å². The van der Waals surface area contributed by atoms with Gasteiger partial charge in [0.25, 0.3) is 11.5 Å². The number of benzene rings is 1. The smallest absolute Gasteiger partial charge is 0.495 e. The molecule has 0 saturated heterocycles. The van der Waals surface area contributed by atoms with Crippen molar-refractivity contribution in [3.63, 3.8) is 0 Å². The van der Waals surface area contributed by atoms with Crippen molar-refractivity contribution in [2.45, 2.75) is 5.66 Å². The molecule has 0 fully saturated rings. The van der Waals surface area contributed by atoms with E-state index in [1.165, 1.54) is 50.7 Å². The molecule has 1 aliphatic rings. The molecule has 0 spiro atoms. The van der Waals surface area contributed by atoms with Crippen molar-refractivity contribution in [3.05, 3.63) is 89.9 Å². The van der Waals surface area contributed by atoms with Crippen LogP contribution in [0.1, 0.15) is 17.0 Å². The molecule has 0 bridgehead atoms. The molecule has 246 valence electrons. The number of nitrogens with two attached hydrogens (primary N) is 1. The number of hydrogen-bond donors (Lipinski definition) is 6. The highest BCUT2D eigenvalue weighted by atomic mass is 16.5. The summed E-state index contributed by atoms with van der Waals surface area (Å²) in [4.78, 5) is 58.9. The number of methoxy groups -OCH3 is 1. The lowest BCUT2D eigenvalue weighted by atomic mass is 9.89. The monoisotopic (exact) mass is 650 g/mol. The lowest BCUT2D eigenvalue weighted by Gasteiger charge is -2.48. The highest BCUT2D eigenvalue weighted by Gasteiger charge is 2.62. The molecule has 3 atom stereocenters. The van der Waals surface area contributed by atoms with Crippen LogP contribution in [0.15, 0.2) is 72.9 Å². The van der Waals surface area contributed by atoms with E-state index >= 15 is 0 Å². The van der Waals surface area contributed by atoms with E-state index in [4.69, 9.17) is 10.5 Å². The number of ether oxygens (including phenoxy) is 1. The first-order valence-electron chi connectivity index (χ1n) is 13.7. The van der Waals surface area contributed by atoms with Gasteiger partial charge in [-0.15, -0.1) is 10.0 Å². The highest BCUT2D eigenvalue weighted by Crippen LogP contribution is 2.43. The molecule has 0 aliphatic carbocycles. The average Bonchev–Trinajstić information content (AvgIpc) is 3.06. The van der Waals surface area contributed by atoms with E-state index in [0.717, 1.165) is 21.1 Å². The van der Waals surface area contributed by atoms with E-state index in [-0.39, 0.29) is 28.6 Å². The molecule has 17 heteroatoms. The number of amides is 4. The number of anilines is 1. The molecule has 2 aromatic heterocycles. The Bertz CT molecular complexity index is 1820. The first-order chi connectivity index (χ1) is 22.0. The van der Waals surface area contributed by atoms with E-state index < -0.39 is 39.2 Å². The van der Waals surface area contributed by atoms with Gasteiger partial charge in [0.2, 0.25) is 0 Å². The Morgan fingerprint density at radius 2 is 1.60 bits per heavy atom. The quantitative estimate of drug-likeness (QED) is 0.127. The summed E-state index contributed by atoms with van der Waals surface area (Å²) in [5.41, 5.74) is 5.58. The maximum atomic E-state index is 13.2. The lowest BCUT2D eigenvalue weighted by Crippen LogP contribution is -2.74. The second-order valence-electron chi connectivity index (χ2n) is 10.7. The molecule has 1 aromatic carbocycles. The number of quaternary nitrogens is 2. The van der Waals surface area contributed by atoms with Gasteiger partial charge < -0.3 is 36.2 Å². The minimum Gasteiger partial charge on any atom is -0.495 e. The Kier molecular flexibility index (Phi) is 8.81. The number of carbonyl (C=O) groups is 4. The van der Waals surface area contributed by atoms with Crippen LogP contribution in [0.2, 0.25) is 0 Å². The summed E-state index contributed by atoms with van der Waals surface area (Å²) in [5, 5.41) is 44.9. The van der Waals surface area contributed by atoms with Crippen molar-refractivity contribution >= 4 is 47.1 Å². The Labute approximate surface area is 268 Å². The zero-order chi connectivity index (χ0) is 34.9. The summed E-state index contributed by atoms with van der Waals surface area (Å²) in [5.74, 6) is 0.164. The van der Waals surface area contributed by atoms with Gasteiger partial charge >= 0.3 is 24.4 Å². The highest BCUT2D eigenvalue weighted by molar-refractivity contribution is 5.88. The summed E-state index contributed by atoms with van der Waals surface area (Å²) in [6.07, 6.45) is -1.74. The van der Waals surface area contributed by atoms with Gasteiger partial charge in [0.1, 0.15) is 25.5 Å². The van der Waals surface area contributed by atoms with E-state index in [0.29, 0.717) is 26.9 Å². The maximum Gasteiger partial charge on any atom is 0.545 e.